The van der Waals surface area contributed by atoms with Crippen LogP contribution < -0.4 is 4.74 Å². The van der Waals surface area contributed by atoms with Gasteiger partial charge in [0.1, 0.15) is 5.75 Å². The first-order valence-corrected chi connectivity index (χ1v) is 3.50. The first kappa shape index (κ1) is 9.31. The van der Waals surface area contributed by atoms with Gasteiger partial charge in [-0.05, 0) is 0 Å². The third-order valence-corrected chi connectivity index (χ3v) is 1.42. The molecule has 0 atom stereocenters. The molecule has 5 nitrogen and oxygen atoms in total. The van der Waals surface area contributed by atoms with E-state index in [1.165, 1.54) is 26.4 Å². The third kappa shape index (κ3) is 2.08. The van der Waals surface area contributed by atoms with Gasteiger partial charge in [0.2, 0.25) is 5.88 Å². The molecule has 1 heterocycles. The Labute approximate surface area is 74.9 Å². The maximum absolute atomic E-state index is 11.0. The Morgan fingerprint density at radius 1 is 1.46 bits per heavy atom. The van der Waals surface area contributed by atoms with Gasteiger partial charge >= 0.3 is 5.97 Å². The Bertz CT molecular complexity index is 324. The molecule has 0 aromatic carbocycles. The topological polar surface area (TPSA) is 68.7 Å². The molecule has 0 aliphatic rings. The molecule has 0 unspecified atom stereocenters. The number of carbonyl (C=O) groups is 1. The second-order valence-corrected chi connectivity index (χ2v) is 2.24. The molecular weight excluding hydrogens is 174 g/mol. The SMILES string of the molecule is COC(=O)c1cc(OC)cc(O)n1. The van der Waals surface area contributed by atoms with E-state index in [1.54, 1.807) is 0 Å². The Kier molecular flexibility index (Phi) is 2.69. The molecule has 13 heavy (non-hydrogen) atoms. The number of esters is 1. The van der Waals surface area contributed by atoms with Crippen LogP contribution in [0.5, 0.6) is 11.6 Å². The van der Waals surface area contributed by atoms with Crippen molar-refractivity contribution in [1.29, 1.82) is 0 Å². The number of pyridine rings is 1. The van der Waals surface area contributed by atoms with E-state index in [9.17, 15) is 4.79 Å². The highest BCUT2D eigenvalue weighted by atomic mass is 16.5. The van der Waals surface area contributed by atoms with Crippen LogP contribution >= 0.6 is 0 Å². The Hall–Kier alpha value is -1.78. The maximum atomic E-state index is 11.0. The molecule has 0 aliphatic carbocycles. The summed E-state index contributed by atoms with van der Waals surface area (Å²) in [6.45, 7) is 0. The molecule has 0 aliphatic heterocycles. The monoisotopic (exact) mass is 183 g/mol. The van der Waals surface area contributed by atoms with Crippen LogP contribution in [0.1, 0.15) is 10.5 Å². The molecule has 0 saturated heterocycles. The summed E-state index contributed by atoms with van der Waals surface area (Å²) in [7, 11) is 2.66. The number of methoxy groups -OCH3 is 2. The van der Waals surface area contributed by atoms with Crippen LogP contribution in [0.4, 0.5) is 0 Å². The van der Waals surface area contributed by atoms with Crippen molar-refractivity contribution in [2.45, 2.75) is 0 Å². The van der Waals surface area contributed by atoms with Gasteiger partial charge in [0.05, 0.1) is 14.2 Å². The number of ether oxygens (including phenoxy) is 2. The largest absolute Gasteiger partial charge is 0.496 e. The molecule has 0 spiro atoms. The van der Waals surface area contributed by atoms with Gasteiger partial charge in [0.25, 0.3) is 0 Å². The minimum absolute atomic E-state index is 0.0133. The molecule has 1 rings (SSSR count). The van der Waals surface area contributed by atoms with E-state index in [0.29, 0.717) is 5.75 Å². The quantitative estimate of drug-likeness (QED) is 0.679. The molecule has 5 heteroatoms. The van der Waals surface area contributed by atoms with Crippen molar-refractivity contribution < 1.29 is 19.4 Å². The summed E-state index contributed by atoms with van der Waals surface area (Å²) in [6.07, 6.45) is 0. The predicted octanol–water partition coefficient (Wildman–Crippen LogP) is 0.582. The van der Waals surface area contributed by atoms with Gasteiger partial charge in [-0.1, -0.05) is 0 Å². The van der Waals surface area contributed by atoms with Crippen LogP contribution in [0.3, 0.4) is 0 Å². The van der Waals surface area contributed by atoms with Crippen molar-refractivity contribution in [3.63, 3.8) is 0 Å². The van der Waals surface area contributed by atoms with Crippen molar-refractivity contribution in [1.82, 2.24) is 4.98 Å². The lowest BCUT2D eigenvalue weighted by molar-refractivity contribution is 0.0592. The molecule has 1 N–H and O–H groups in total. The van der Waals surface area contributed by atoms with Crippen LogP contribution in [-0.4, -0.2) is 30.3 Å². The second-order valence-electron chi connectivity index (χ2n) is 2.24. The zero-order valence-corrected chi connectivity index (χ0v) is 7.27. The Morgan fingerprint density at radius 3 is 2.69 bits per heavy atom. The zero-order chi connectivity index (χ0) is 9.84. The standard InChI is InChI=1S/C8H9NO4/c1-12-5-3-6(8(11)13-2)9-7(10)4-5/h3-4H,1-2H3,(H,9,10). The lowest BCUT2D eigenvalue weighted by Gasteiger charge is -2.02. The number of nitrogens with zero attached hydrogens (tertiary/aromatic N) is 1. The van der Waals surface area contributed by atoms with Crippen molar-refractivity contribution in [3.8, 4) is 11.6 Å². The summed E-state index contributed by atoms with van der Waals surface area (Å²) >= 11 is 0. The van der Waals surface area contributed by atoms with Gasteiger partial charge in [-0.25, -0.2) is 9.78 Å². The summed E-state index contributed by atoms with van der Waals surface area (Å²) in [4.78, 5) is 14.5. The molecule has 70 valence electrons. The average Bonchev–Trinajstić information content (AvgIpc) is 2.15. The second kappa shape index (κ2) is 3.75. The lowest BCUT2D eigenvalue weighted by Crippen LogP contribution is -2.04. The number of aromatic nitrogens is 1. The normalized spacial score (nSPS) is 9.38. The number of hydrogen-bond acceptors (Lipinski definition) is 5. The molecule has 0 radical (unpaired) electrons. The third-order valence-electron chi connectivity index (χ3n) is 1.42. The van der Waals surface area contributed by atoms with E-state index < -0.39 is 5.97 Å². The Balaban J connectivity index is 3.08. The van der Waals surface area contributed by atoms with E-state index >= 15 is 0 Å². The van der Waals surface area contributed by atoms with Crippen LogP contribution in [0.2, 0.25) is 0 Å². The van der Waals surface area contributed by atoms with Crippen molar-refractivity contribution >= 4 is 5.97 Å². The van der Waals surface area contributed by atoms with Gasteiger partial charge < -0.3 is 14.6 Å². The highest BCUT2D eigenvalue weighted by molar-refractivity contribution is 5.87. The van der Waals surface area contributed by atoms with Gasteiger partial charge in [0.15, 0.2) is 5.69 Å². The number of carbonyl (C=O) groups excluding carboxylic acids is 1. The van der Waals surface area contributed by atoms with Crippen molar-refractivity contribution in [2.24, 2.45) is 0 Å². The van der Waals surface area contributed by atoms with E-state index in [1.807, 2.05) is 0 Å². The first-order valence-electron chi connectivity index (χ1n) is 3.50. The van der Waals surface area contributed by atoms with Crippen molar-refractivity contribution in [2.75, 3.05) is 14.2 Å². The van der Waals surface area contributed by atoms with Crippen LogP contribution in [0.25, 0.3) is 0 Å². The predicted molar refractivity (Wildman–Crippen MR) is 43.8 cm³/mol. The molecule has 1 aromatic rings. The highest BCUT2D eigenvalue weighted by Crippen LogP contribution is 2.17. The van der Waals surface area contributed by atoms with E-state index in [4.69, 9.17) is 9.84 Å². The van der Waals surface area contributed by atoms with E-state index in [0.717, 1.165) is 0 Å². The van der Waals surface area contributed by atoms with Gasteiger partial charge in [-0.3, -0.25) is 0 Å². The van der Waals surface area contributed by atoms with Gasteiger partial charge in [0, 0.05) is 12.1 Å². The average molecular weight is 183 g/mol. The Morgan fingerprint density at radius 2 is 2.15 bits per heavy atom. The lowest BCUT2D eigenvalue weighted by atomic mass is 10.3. The zero-order valence-electron chi connectivity index (χ0n) is 7.27. The maximum Gasteiger partial charge on any atom is 0.356 e. The molecule has 0 bridgehead atoms. The van der Waals surface area contributed by atoms with Crippen LogP contribution in [0, 0.1) is 0 Å². The van der Waals surface area contributed by atoms with Crippen molar-refractivity contribution in [3.05, 3.63) is 17.8 Å². The smallest absolute Gasteiger partial charge is 0.356 e. The van der Waals surface area contributed by atoms with Gasteiger partial charge in [-0.15, -0.1) is 0 Å². The summed E-state index contributed by atoms with van der Waals surface area (Å²) < 4.78 is 9.25. The fourth-order valence-electron chi connectivity index (χ4n) is 0.819. The molecule has 0 saturated carbocycles. The fourth-order valence-corrected chi connectivity index (χ4v) is 0.819. The molecule has 0 amide bonds. The summed E-state index contributed by atoms with van der Waals surface area (Å²) in [5, 5.41) is 9.07. The number of hydrogen-bond donors (Lipinski definition) is 1. The minimum Gasteiger partial charge on any atom is -0.496 e. The van der Waals surface area contributed by atoms with Gasteiger partial charge in [-0.2, -0.15) is 0 Å². The van der Waals surface area contributed by atoms with Crippen LogP contribution in [0.15, 0.2) is 12.1 Å². The summed E-state index contributed by atoms with van der Waals surface area (Å²) in [5.41, 5.74) is 0.0133. The molecule has 0 fully saturated rings. The van der Waals surface area contributed by atoms with Crippen LogP contribution in [-0.2, 0) is 4.74 Å². The number of aromatic hydroxyl groups is 1. The highest BCUT2D eigenvalue weighted by Gasteiger charge is 2.10. The molecular formula is C8H9NO4. The summed E-state index contributed by atoms with van der Waals surface area (Å²) in [6, 6.07) is 2.68. The van der Waals surface area contributed by atoms with E-state index in [-0.39, 0.29) is 11.6 Å². The first-order chi connectivity index (χ1) is 6.17. The van der Waals surface area contributed by atoms with E-state index in [2.05, 4.69) is 9.72 Å². The number of rotatable bonds is 2. The molecule has 1 aromatic heterocycles. The summed E-state index contributed by atoms with van der Waals surface area (Å²) in [5.74, 6) is -0.540. The minimum atomic E-state index is -0.616. The fraction of sp³-hybridized carbons (Fsp3) is 0.250.